The molecule has 0 aromatic heterocycles. The Hall–Kier alpha value is -1.77. The third-order valence-electron chi connectivity index (χ3n) is 3.30. The number of rotatable bonds is 3. The quantitative estimate of drug-likeness (QED) is 0.791. The summed E-state index contributed by atoms with van der Waals surface area (Å²) in [4.78, 5) is 14.0. The maximum atomic E-state index is 12.2. The average molecular weight is 278 g/mol. The SMILES string of the molecule is CN1N=C(CN(C(=O)OC(C)(C)C)C2CC2)CC1C#N. The molecule has 6 heteroatoms. The molecule has 1 unspecified atom stereocenters. The molecule has 6 nitrogen and oxygen atoms in total. The number of nitrogens with zero attached hydrogens (tertiary/aromatic N) is 4. The summed E-state index contributed by atoms with van der Waals surface area (Å²) in [6.07, 6.45) is 2.35. The Balaban J connectivity index is 1.99. The fraction of sp³-hybridized carbons (Fsp3) is 0.786. The molecule has 20 heavy (non-hydrogen) atoms. The third kappa shape index (κ3) is 3.62. The molecule has 0 N–H and O–H groups in total. The van der Waals surface area contributed by atoms with Gasteiger partial charge in [-0.15, -0.1) is 0 Å². The minimum atomic E-state index is -0.492. The van der Waals surface area contributed by atoms with Crippen LogP contribution in [-0.4, -0.2) is 53.0 Å². The molecular weight excluding hydrogens is 256 g/mol. The summed E-state index contributed by atoms with van der Waals surface area (Å²) in [6, 6.07) is 2.25. The normalized spacial score (nSPS) is 22.2. The summed E-state index contributed by atoms with van der Waals surface area (Å²) in [5.41, 5.74) is 0.380. The first kappa shape index (κ1) is 14.6. The van der Waals surface area contributed by atoms with E-state index in [9.17, 15) is 4.79 Å². The van der Waals surface area contributed by atoms with Gasteiger partial charge in [-0.2, -0.15) is 10.4 Å². The predicted octanol–water partition coefficient (Wildman–Crippen LogP) is 1.97. The van der Waals surface area contributed by atoms with Crippen molar-refractivity contribution in [3.8, 4) is 6.07 Å². The number of hydrogen-bond donors (Lipinski definition) is 0. The number of ether oxygens (including phenoxy) is 1. The number of hydrogen-bond acceptors (Lipinski definition) is 5. The van der Waals surface area contributed by atoms with Crippen molar-refractivity contribution in [1.29, 1.82) is 5.26 Å². The van der Waals surface area contributed by atoms with E-state index in [0.717, 1.165) is 18.6 Å². The maximum absolute atomic E-state index is 12.2. The molecule has 1 atom stereocenters. The van der Waals surface area contributed by atoms with Crippen LogP contribution >= 0.6 is 0 Å². The van der Waals surface area contributed by atoms with Crippen LogP contribution in [0.1, 0.15) is 40.0 Å². The molecule has 1 aliphatic carbocycles. The second kappa shape index (κ2) is 5.31. The minimum absolute atomic E-state index is 0.218. The second-order valence-corrected chi connectivity index (χ2v) is 6.43. The molecule has 2 rings (SSSR count). The highest BCUT2D eigenvalue weighted by Gasteiger charge is 2.37. The highest BCUT2D eigenvalue weighted by molar-refractivity contribution is 5.90. The molecule has 0 saturated heterocycles. The van der Waals surface area contributed by atoms with Crippen LogP contribution in [0.2, 0.25) is 0 Å². The molecule has 1 fully saturated rings. The Labute approximate surface area is 120 Å². The van der Waals surface area contributed by atoms with Crippen molar-refractivity contribution in [2.75, 3.05) is 13.6 Å². The first-order valence-corrected chi connectivity index (χ1v) is 6.98. The summed E-state index contributed by atoms with van der Waals surface area (Å²) in [7, 11) is 1.79. The van der Waals surface area contributed by atoms with Gasteiger partial charge in [0.15, 0.2) is 0 Å². The number of carbonyl (C=O) groups is 1. The molecule has 1 saturated carbocycles. The highest BCUT2D eigenvalue weighted by Crippen LogP contribution is 2.29. The van der Waals surface area contributed by atoms with Crippen molar-refractivity contribution >= 4 is 11.8 Å². The third-order valence-corrected chi connectivity index (χ3v) is 3.30. The fourth-order valence-electron chi connectivity index (χ4n) is 2.16. The smallest absolute Gasteiger partial charge is 0.410 e. The van der Waals surface area contributed by atoms with Crippen LogP contribution in [0, 0.1) is 11.3 Å². The van der Waals surface area contributed by atoms with Gasteiger partial charge in [0.25, 0.3) is 0 Å². The average Bonchev–Trinajstić information content (AvgIpc) is 3.08. The van der Waals surface area contributed by atoms with Gasteiger partial charge in [0, 0.05) is 19.5 Å². The van der Waals surface area contributed by atoms with E-state index in [0.29, 0.717) is 13.0 Å². The Bertz CT molecular complexity index is 457. The number of hydrazone groups is 1. The molecule has 1 amide bonds. The van der Waals surface area contributed by atoms with E-state index in [4.69, 9.17) is 10.00 Å². The van der Waals surface area contributed by atoms with E-state index in [1.165, 1.54) is 0 Å². The lowest BCUT2D eigenvalue weighted by Crippen LogP contribution is -2.41. The number of nitriles is 1. The van der Waals surface area contributed by atoms with Gasteiger partial charge in [0.1, 0.15) is 11.6 Å². The van der Waals surface area contributed by atoms with E-state index in [-0.39, 0.29) is 18.2 Å². The van der Waals surface area contributed by atoms with Gasteiger partial charge in [0.2, 0.25) is 0 Å². The van der Waals surface area contributed by atoms with Crippen molar-refractivity contribution in [3.05, 3.63) is 0 Å². The molecule has 0 aromatic rings. The molecule has 0 aromatic carbocycles. The van der Waals surface area contributed by atoms with Crippen molar-refractivity contribution < 1.29 is 9.53 Å². The first-order chi connectivity index (χ1) is 9.30. The lowest BCUT2D eigenvalue weighted by molar-refractivity contribution is 0.0264. The van der Waals surface area contributed by atoms with Crippen LogP contribution in [0.4, 0.5) is 4.79 Å². The summed E-state index contributed by atoms with van der Waals surface area (Å²) < 4.78 is 5.44. The standard InChI is InChI=1S/C14H22N4O2/c1-14(2,3)20-13(19)18(11-5-6-11)9-10-7-12(8-15)17(4)16-10/h11-12H,5-7,9H2,1-4H3. The molecule has 110 valence electrons. The van der Waals surface area contributed by atoms with Crippen LogP contribution in [-0.2, 0) is 4.74 Å². The van der Waals surface area contributed by atoms with Gasteiger partial charge in [-0.05, 0) is 33.6 Å². The van der Waals surface area contributed by atoms with Gasteiger partial charge < -0.3 is 4.74 Å². The van der Waals surface area contributed by atoms with E-state index in [2.05, 4.69) is 11.2 Å². The number of amides is 1. The van der Waals surface area contributed by atoms with Crippen molar-refractivity contribution in [3.63, 3.8) is 0 Å². The van der Waals surface area contributed by atoms with Crippen LogP contribution < -0.4 is 0 Å². The lowest BCUT2D eigenvalue weighted by Gasteiger charge is -2.27. The first-order valence-electron chi connectivity index (χ1n) is 6.98. The zero-order valence-electron chi connectivity index (χ0n) is 12.6. The zero-order valence-corrected chi connectivity index (χ0v) is 12.6. The Morgan fingerprint density at radius 1 is 1.55 bits per heavy atom. The van der Waals surface area contributed by atoms with Crippen LogP contribution in [0.5, 0.6) is 0 Å². The van der Waals surface area contributed by atoms with E-state index >= 15 is 0 Å². The summed E-state index contributed by atoms with van der Waals surface area (Å²) >= 11 is 0. The fourth-order valence-corrected chi connectivity index (χ4v) is 2.16. The monoisotopic (exact) mass is 278 g/mol. The minimum Gasteiger partial charge on any atom is -0.444 e. The summed E-state index contributed by atoms with van der Waals surface area (Å²) in [5.74, 6) is 0. The van der Waals surface area contributed by atoms with E-state index in [1.807, 2.05) is 20.8 Å². The van der Waals surface area contributed by atoms with Crippen molar-refractivity contribution in [1.82, 2.24) is 9.91 Å². The summed E-state index contributed by atoms with van der Waals surface area (Å²) in [5, 5.41) is 15.0. The molecule has 2 aliphatic rings. The molecule has 0 spiro atoms. The largest absolute Gasteiger partial charge is 0.444 e. The topological polar surface area (TPSA) is 68.9 Å². The van der Waals surface area contributed by atoms with Crippen LogP contribution in [0.25, 0.3) is 0 Å². The summed E-state index contributed by atoms with van der Waals surface area (Å²) in [6.45, 7) is 6.05. The van der Waals surface area contributed by atoms with Crippen molar-refractivity contribution in [2.24, 2.45) is 5.10 Å². The predicted molar refractivity (Wildman–Crippen MR) is 75.2 cm³/mol. The number of carbonyl (C=O) groups excluding carboxylic acids is 1. The zero-order chi connectivity index (χ0) is 14.9. The van der Waals surface area contributed by atoms with Crippen LogP contribution in [0.15, 0.2) is 5.10 Å². The van der Waals surface area contributed by atoms with Crippen LogP contribution in [0.3, 0.4) is 0 Å². The van der Waals surface area contributed by atoms with Gasteiger partial charge in [-0.3, -0.25) is 9.91 Å². The Morgan fingerprint density at radius 3 is 2.65 bits per heavy atom. The highest BCUT2D eigenvalue weighted by atomic mass is 16.6. The van der Waals surface area contributed by atoms with Gasteiger partial charge >= 0.3 is 6.09 Å². The van der Waals surface area contributed by atoms with Gasteiger partial charge in [-0.1, -0.05) is 0 Å². The Morgan fingerprint density at radius 2 is 2.20 bits per heavy atom. The molecule has 0 bridgehead atoms. The van der Waals surface area contributed by atoms with Gasteiger partial charge in [0.05, 0.1) is 18.3 Å². The van der Waals surface area contributed by atoms with E-state index in [1.54, 1.807) is 17.0 Å². The lowest BCUT2D eigenvalue weighted by atomic mass is 10.1. The molecule has 1 aliphatic heterocycles. The van der Waals surface area contributed by atoms with Gasteiger partial charge in [-0.25, -0.2) is 4.79 Å². The Kier molecular flexibility index (Phi) is 3.89. The maximum Gasteiger partial charge on any atom is 0.410 e. The van der Waals surface area contributed by atoms with E-state index < -0.39 is 5.60 Å². The second-order valence-electron chi connectivity index (χ2n) is 6.43. The molecule has 1 heterocycles. The van der Waals surface area contributed by atoms with Crippen molar-refractivity contribution in [2.45, 2.75) is 57.7 Å². The molecular formula is C14H22N4O2. The molecule has 0 radical (unpaired) electrons.